The number of nitrogens with one attached hydrogen (secondary N) is 3. The van der Waals surface area contributed by atoms with E-state index in [1.807, 2.05) is 27.7 Å². The van der Waals surface area contributed by atoms with Crippen LogP contribution in [0.2, 0.25) is 0 Å². The Morgan fingerprint density at radius 2 is 1.06 bits per heavy atom. The number of rotatable bonds is 12. The summed E-state index contributed by atoms with van der Waals surface area (Å²) in [5.41, 5.74) is -0.866. The summed E-state index contributed by atoms with van der Waals surface area (Å²) in [7, 11) is 0. The van der Waals surface area contributed by atoms with Crippen LogP contribution < -0.4 is 16.0 Å². The average Bonchev–Trinajstić information content (AvgIpc) is 2.54. The molecule has 0 aromatic carbocycles. The van der Waals surface area contributed by atoms with Crippen molar-refractivity contribution in [2.24, 2.45) is 28.1 Å². The number of carbonyl (C=O) groups is 3. The number of carbonyl (C=O) groups excluding carboxylic acids is 3. The maximum atomic E-state index is 12.6. The summed E-state index contributed by atoms with van der Waals surface area (Å²) >= 11 is 0. The van der Waals surface area contributed by atoms with Gasteiger partial charge in [-0.2, -0.15) is 0 Å². The molecule has 6 nitrogen and oxygen atoms in total. The van der Waals surface area contributed by atoms with E-state index in [-0.39, 0.29) is 47.2 Å². The normalized spacial score (nSPS) is 13.4. The second-order valence-corrected chi connectivity index (χ2v) is 12.4. The lowest BCUT2D eigenvalue weighted by atomic mass is 9.69. The molecule has 0 saturated heterocycles. The smallest absolute Gasteiger partial charge is 0.239 e. The first-order valence-corrected chi connectivity index (χ1v) is 11.6. The number of hydrogen-bond donors (Lipinski definition) is 3. The molecule has 0 heterocycles. The first kappa shape index (κ1) is 29.4. The molecule has 0 aromatic heterocycles. The van der Waals surface area contributed by atoms with E-state index in [0.29, 0.717) is 11.8 Å². The van der Waals surface area contributed by atoms with Gasteiger partial charge in [-0.3, -0.25) is 14.4 Å². The highest BCUT2D eigenvalue weighted by molar-refractivity contribution is 5.89. The molecule has 0 rings (SSSR count). The van der Waals surface area contributed by atoms with Crippen LogP contribution in [0.4, 0.5) is 0 Å². The van der Waals surface area contributed by atoms with Crippen molar-refractivity contribution in [3.8, 4) is 0 Å². The summed E-state index contributed by atoms with van der Waals surface area (Å²) < 4.78 is 0. The number of hydrogen-bond acceptors (Lipinski definition) is 3. The molecule has 0 radical (unpaired) electrons. The van der Waals surface area contributed by atoms with Crippen molar-refractivity contribution < 1.29 is 14.4 Å². The van der Waals surface area contributed by atoms with Crippen LogP contribution in [0.25, 0.3) is 0 Å². The van der Waals surface area contributed by atoms with Crippen molar-refractivity contribution in [3.05, 3.63) is 0 Å². The molecule has 0 spiro atoms. The van der Waals surface area contributed by atoms with Crippen molar-refractivity contribution in [2.75, 3.05) is 13.1 Å². The molecule has 6 heteroatoms. The van der Waals surface area contributed by atoms with Gasteiger partial charge in [-0.1, -0.05) is 69.2 Å². The first-order chi connectivity index (χ1) is 13.7. The van der Waals surface area contributed by atoms with Crippen LogP contribution in [0.5, 0.6) is 0 Å². The largest absolute Gasteiger partial charge is 0.350 e. The zero-order chi connectivity index (χ0) is 24.8. The fourth-order valence-corrected chi connectivity index (χ4v) is 3.87. The minimum Gasteiger partial charge on any atom is -0.350 e. The van der Waals surface area contributed by atoms with Gasteiger partial charge in [-0.05, 0) is 49.4 Å². The zero-order valence-corrected chi connectivity index (χ0v) is 22.2. The van der Waals surface area contributed by atoms with Crippen molar-refractivity contribution in [3.63, 3.8) is 0 Å². The summed E-state index contributed by atoms with van der Waals surface area (Å²) in [6.45, 7) is 24.9. The highest BCUT2D eigenvalue weighted by atomic mass is 16.2. The van der Waals surface area contributed by atoms with Crippen LogP contribution in [-0.2, 0) is 14.4 Å². The molecule has 31 heavy (non-hydrogen) atoms. The van der Waals surface area contributed by atoms with Crippen LogP contribution in [0.3, 0.4) is 0 Å². The van der Waals surface area contributed by atoms with Crippen LogP contribution in [-0.4, -0.2) is 36.3 Å². The zero-order valence-electron chi connectivity index (χ0n) is 22.2. The van der Waals surface area contributed by atoms with E-state index in [2.05, 4.69) is 71.3 Å². The molecule has 0 fully saturated rings. The van der Waals surface area contributed by atoms with Gasteiger partial charge in [0.1, 0.15) is 0 Å². The van der Waals surface area contributed by atoms with E-state index < -0.39 is 5.41 Å². The van der Waals surface area contributed by atoms with Crippen LogP contribution in [0, 0.1) is 28.1 Å². The van der Waals surface area contributed by atoms with Crippen molar-refractivity contribution in [1.29, 1.82) is 0 Å². The maximum Gasteiger partial charge on any atom is 0.239 e. The van der Waals surface area contributed by atoms with Gasteiger partial charge >= 0.3 is 0 Å². The van der Waals surface area contributed by atoms with E-state index in [1.54, 1.807) is 0 Å². The minimum atomic E-state index is -0.585. The van der Waals surface area contributed by atoms with E-state index in [0.717, 1.165) is 12.8 Å². The molecule has 3 N–H and O–H groups in total. The molecule has 0 unspecified atom stereocenters. The fraction of sp³-hybridized carbons (Fsp3) is 0.880. The summed E-state index contributed by atoms with van der Waals surface area (Å²) in [4.78, 5) is 37.1. The molecule has 182 valence electrons. The highest BCUT2D eigenvalue weighted by Crippen LogP contribution is 2.39. The Morgan fingerprint density at radius 3 is 1.52 bits per heavy atom. The van der Waals surface area contributed by atoms with E-state index in [1.165, 1.54) is 0 Å². The molecule has 0 aromatic rings. The first-order valence-electron chi connectivity index (χ1n) is 11.6. The molecule has 0 bridgehead atoms. The van der Waals surface area contributed by atoms with Gasteiger partial charge in [0.25, 0.3) is 0 Å². The van der Waals surface area contributed by atoms with E-state index in [4.69, 9.17) is 0 Å². The molecule has 0 atom stereocenters. The third-order valence-electron chi connectivity index (χ3n) is 6.87. The SMILES string of the molecule is CC(C)C(C)(C)CC(C)(C)NC(=O)CNC(=O)CNC(=O)C(C)(C)CC(C)(C)C(C)C. The molecular weight excluding hydrogens is 390 g/mol. The van der Waals surface area contributed by atoms with Crippen molar-refractivity contribution in [2.45, 2.75) is 101 Å². The van der Waals surface area contributed by atoms with Gasteiger partial charge in [0.15, 0.2) is 0 Å². The third kappa shape index (κ3) is 10.5. The van der Waals surface area contributed by atoms with Gasteiger partial charge < -0.3 is 16.0 Å². The van der Waals surface area contributed by atoms with Gasteiger partial charge in [0.2, 0.25) is 17.7 Å². The molecule has 0 aliphatic heterocycles. The van der Waals surface area contributed by atoms with Gasteiger partial charge in [-0.15, -0.1) is 0 Å². The lowest BCUT2D eigenvalue weighted by Crippen LogP contribution is -2.51. The van der Waals surface area contributed by atoms with Gasteiger partial charge in [-0.25, -0.2) is 0 Å². The lowest BCUT2D eigenvalue weighted by Gasteiger charge is -2.38. The Morgan fingerprint density at radius 1 is 0.645 bits per heavy atom. The van der Waals surface area contributed by atoms with Gasteiger partial charge in [0, 0.05) is 11.0 Å². The predicted octanol–water partition coefficient (Wildman–Crippen LogP) is 4.28. The van der Waals surface area contributed by atoms with Crippen LogP contribution in [0.1, 0.15) is 95.9 Å². The Hall–Kier alpha value is -1.59. The topological polar surface area (TPSA) is 87.3 Å². The van der Waals surface area contributed by atoms with E-state index >= 15 is 0 Å². The molecule has 3 amide bonds. The monoisotopic (exact) mass is 439 g/mol. The summed E-state index contributed by atoms with van der Waals surface area (Å²) in [5.74, 6) is 0.169. The summed E-state index contributed by atoms with van der Waals surface area (Å²) in [6.07, 6.45) is 1.55. The van der Waals surface area contributed by atoms with Crippen molar-refractivity contribution in [1.82, 2.24) is 16.0 Å². The van der Waals surface area contributed by atoms with Crippen LogP contribution in [0.15, 0.2) is 0 Å². The average molecular weight is 440 g/mol. The summed E-state index contributed by atoms with van der Waals surface area (Å²) in [5, 5.41) is 8.32. The van der Waals surface area contributed by atoms with Crippen LogP contribution >= 0.6 is 0 Å². The maximum absolute atomic E-state index is 12.6. The predicted molar refractivity (Wildman–Crippen MR) is 128 cm³/mol. The van der Waals surface area contributed by atoms with Crippen molar-refractivity contribution >= 4 is 17.7 Å². The molecule has 0 aliphatic carbocycles. The minimum absolute atomic E-state index is 0.0120. The number of amides is 3. The fourth-order valence-electron chi connectivity index (χ4n) is 3.87. The second-order valence-electron chi connectivity index (χ2n) is 12.4. The standard InChI is InChI=1S/C25H49N3O3/c1-17(2)22(5,6)15-24(9,10)21(31)27-13-19(29)26-14-20(30)28-25(11,12)16-23(7,8)18(3)4/h17-18H,13-16H2,1-12H3,(H,26,29)(H,27,31)(H,28,30). The van der Waals surface area contributed by atoms with Gasteiger partial charge in [0.05, 0.1) is 13.1 Å². The Labute approximate surface area is 191 Å². The Balaban J connectivity index is 4.57. The quantitative estimate of drug-likeness (QED) is 0.424. The molecule has 0 saturated carbocycles. The highest BCUT2D eigenvalue weighted by Gasteiger charge is 2.36. The third-order valence-corrected chi connectivity index (χ3v) is 6.87. The van der Waals surface area contributed by atoms with E-state index in [9.17, 15) is 14.4 Å². The lowest BCUT2D eigenvalue weighted by molar-refractivity contribution is -0.133. The summed E-state index contributed by atoms with van der Waals surface area (Å²) in [6, 6.07) is 0. The molecule has 0 aliphatic rings. The Kier molecular flexibility index (Phi) is 10.3. The Bertz CT molecular complexity index is 632. The molecular formula is C25H49N3O3. The second kappa shape index (κ2) is 10.8.